The molecule has 0 bridgehead atoms. The number of aliphatic hydroxyl groups is 1. The molecule has 3 N–H and O–H groups in total. The van der Waals surface area contributed by atoms with Gasteiger partial charge >= 0.3 is 11.9 Å². The molecule has 13 heavy (non-hydrogen) atoms. The fourth-order valence-electron chi connectivity index (χ4n) is 1.18. The highest BCUT2D eigenvalue weighted by molar-refractivity contribution is 5.94. The summed E-state index contributed by atoms with van der Waals surface area (Å²) in [6.07, 6.45) is 1.44. The molecule has 0 saturated heterocycles. The van der Waals surface area contributed by atoms with Crippen molar-refractivity contribution in [2.24, 2.45) is 10.7 Å². The number of aliphatic hydroxyl groups excluding tert-OH is 1. The van der Waals surface area contributed by atoms with Crippen molar-refractivity contribution in [2.45, 2.75) is 6.92 Å². The summed E-state index contributed by atoms with van der Waals surface area (Å²) in [6.45, 7) is 1.89. The molecule has 1 unspecified atom stereocenters. The zero-order chi connectivity index (χ0) is 10.1. The van der Waals surface area contributed by atoms with Gasteiger partial charge in [0.15, 0.2) is 0 Å². The summed E-state index contributed by atoms with van der Waals surface area (Å²) in [5.74, 6) is 0.0955. The Morgan fingerprint density at radius 1 is 1.69 bits per heavy atom. The number of likely N-dealkylation sites (N-methyl/N-ethyl adjacent to an activating group) is 1. The van der Waals surface area contributed by atoms with E-state index in [0.29, 0.717) is 5.70 Å². The number of hydrogen-bond acceptors (Lipinski definition) is 4. The number of amides is 1. The molecule has 0 aromatic heterocycles. The minimum Gasteiger partial charge on any atom is -0.390 e. The third-order valence-electron chi connectivity index (χ3n) is 2.16. The minimum atomic E-state index is -0.140. The van der Waals surface area contributed by atoms with E-state index in [4.69, 9.17) is 10.8 Å². The number of guanidine groups is 1. The Morgan fingerprint density at radius 2 is 2.31 bits per heavy atom. The van der Waals surface area contributed by atoms with Crippen LogP contribution in [0.1, 0.15) is 6.92 Å². The molecule has 1 heterocycles. The van der Waals surface area contributed by atoms with Gasteiger partial charge in [-0.25, -0.2) is 4.79 Å². The maximum absolute atomic E-state index is 11.6. The average Bonchev–Trinajstić information content (AvgIpc) is 2.01. The molecule has 0 aromatic carbocycles. The van der Waals surface area contributed by atoms with Gasteiger partial charge in [-0.05, 0) is 6.92 Å². The number of carbonyl (C=O) groups is 1. The minimum absolute atomic E-state index is 0.0919. The number of carbonyl (C=O) groups excluding carboxylic acids is 1. The van der Waals surface area contributed by atoms with Crippen molar-refractivity contribution in [3.05, 3.63) is 11.8 Å². The first kappa shape index (κ1) is 9.88. The van der Waals surface area contributed by atoms with Gasteiger partial charge < -0.3 is 10.8 Å². The van der Waals surface area contributed by atoms with Gasteiger partial charge in [-0.2, -0.15) is 9.48 Å². The van der Waals surface area contributed by atoms with Gasteiger partial charge in [0.25, 0.3) is 0 Å². The molecule has 0 aromatic rings. The first-order valence-corrected chi connectivity index (χ1v) is 4.04. The number of allylic oxidation sites excluding steroid dienone is 1. The summed E-state index contributed by atoms with van der Waals surface area (Å²) in [5, 5.41) is 8.79. The van der Waals surface area contributed by atoms with Gasteiger partial charge in [-0.15, -0.1) is 0 Å². The number of rotatable bonds is 2. The predicted octanol–water partition coefficient (Wildman–Crippen LogP) is -0.816. The van der Waals surface area contributed by atoms with Gasteiger partial charge in [0.05, 0.1) is 25.4 Å². The zero-order valence-electron chi connectivity index (χ0n) is 7.82. The summed E-state index contributed by atoms with van der Waals surface area (Å²) in [5.41, 5.74) is 6.24. The van der Waals surface area contributed by atoms with Crippen LogP contribution in [0.25, 0.3) is 0 Å². The Balaban J connectivity index is 3.01. The SMILES string of the molecule is CC1=CC(=O)[N+](C)(CCO)C(N)=N1. The molecule has 1 atom stereocenters. The van der Waals surface area contributed by atoms with Crippen molar-refractivity contribution in [3.63, 3.8) is 0 Å². The van der Waals surface area contributed by atoms with E-state index >= 15 is 0 Å². The smallest absolute Gasteiger partial charge is 0.347 e. The standard InChI is InChI=1S/C8H13N3O2/c1-6-5-7(13)11(2,3-4-12)8(9)10-6/h5,12H,3-4H2,1-2H3,(H-,9,10,13)/p+1. The van der Waals surface area contributed by atoms with E-state index in [1.54, 1.807) is 14.0 Å². The lowest BCUT2D eigenvalue weighted by molar-refractivity contribution is -0.741. The second kappa shape index (κ2) is 3.27. The van der Waals surface area contributed by atoms with E-state index in [2.05, 4.69) is 4.99 Å². The van der Waals surface area contributed by atoms with Crippen molar-refractivity contribution in [1.29, 1.82) is 0 Å². The van der Waals surface area contributed by atoms with E-state index in [9.17, 15) is 4.79 Å². The van der Waals surface area contributed by atoms with Crippen molar-refractivity contribution in [2.75, 3.05) is 20.2 Å². The van der Waals surface area contributed by atoms with Crippen LogP contribution in [0, 0.1) is 0 Å². The van der Waals surface area contributed by atoms with Crippen LogP contribution < -0.4 is 5.73 Å². The van der Waals surface area contributed by atoms with E-state index in [1.165, 1.54) is 6.08 Å². The second-order valence-electron chi connectivity index (χ2n) is 3.23. The van der Waals surface area contributed by atoms with Crippen molar-refractivity contribution in [3.8, 4) is 0 Å². The van der Waals surface area contributed by atoms with Crippen LogP contribution in [-0.4, -0.2) is 41.7 Å². The fourth-order valence-corrected chi connectivity index (χ4v) is 1.18. The Hall–Kier alpha value is -1.20. The molecular formula is C8H14N3O2+. The molecule has 0 fully saturated rings. The van der Waals surface area contributed by atoms with E-state index in [1.807, 2.05) is 0 Å². The second-order valence-corrected chi connectivity index (χ2v) is 3.23. The third-order valence-corrected chi connectivity index (χ3v) is 2.16. The lowest BCUT2D eigenvalue weighted by atomic mass is 10.3. The number of quaternary nitrogens is 1. The summed E-state index contributed by atoms with van der Waals surface area (Å²) in [6, 6.07) is 0. The first-order valence-electron chi connectivity index (χ1n) is 4.04. The molecule has 5 heteroatoms. The molecule has 1 aliphatic heterocycles. The molecule has 0 saturated carbocycles. The largest absolute Gasteiger partial charge is 0.390 e. The third kappa shape index (κ3) is 1.61. The van der Waals surface area contributed by atoms with Crippen LogP contribution >= 0.6 is 0 Å². The summed E-state index contributed by atoms with van der Waals surface area (Å²) in [7, 11) is 1.64. The highest BCUT2D eigenvalue weighted by Gasteiger charge is 2.37. The van der Waals surface area contributed by atoms with Gasteiger partial charge in [0.1, 0.15) is 6.54 Å². The van der Waals surface area contributed by atoms with Crippen molar-refractivity contribution in [1.82, 2.24) is 0 Å². The number of nitrogens with zero attached hydrogens (tertiary/aromatic N) is 2. The van der Waals surface area contributed by atoms with E-state index in [-0.39, 0.29) is 29.5 Å². The topological polar surface area (TPSA) is 75.7 Å². The van der Waals surface area contributed by atoms with Crippen molar-refractivity contribution < 1.29 is 14.4 Å². The molecule has 72 valence electrons. The molecule has 1 amide bonds. The Kier molecular flexibility index (Phi) is 2.49. The van der Waals surface area contributed by atoms with Crippen LogP contribution in [-0.2, 0) is 4.79 Å². The Bertz CT molecular complexity index is 296. The number of aliphatic imine (C=N–C) groups is 1. The van der Waals surface area contributed by atoms with Crippen LogP contribution in [0.5, 0.6) is 0 Å². The molecular weight excluding hydrogens is 170 g/mol. The highest BCUT2D eigenvalue weighted by Crippen LogP contribution is 2.13. The highest BCUT2D eigenvalue weighted by atomic mass is 16.3. The quantitative estimate of drug-likeness (QED) is 0.551. The van der Waals surface area contributed by atoms with E-state index < -0.39 is 0 Å². The van der Waals surface area contributed by atoms with Gasteiger partial charge in [-0.1, -0.05) is 0 Å². The van der Waals surface area contributed by atoms with Crippen LogP contribution in [0.2, 0.25) is 0 Å². The summed E-state index contributed by atoms with van der Waals surface area (Å²) < 4.78 is -0.131. The fraction of sp³-hybridized carbons (Fsp3) is 0.500. The van der Waals surface area contributed by atoms with Gasteiger partial charge in [0.2, 0.25) is 0 Å². The number of nitrogens with two attached hydrogens (primary N) is 1. The molecule has 0 radical (unpaired) electrons. The van der Waals surface area contributed by atoms with E-state index in [0.717, 1.165) is 0 Å². The van der Waals surface area contributed by atoms with Crippen molar-refractivity contribution >= 4 is 11.9 Å². The predicted molar refractivity (Wildman–Crippen MR) is 48.5 cm³/mol. The van der Waals surface area contributed by atoms with Crippen LogP contribution in [0.15, 0.2) is 16.8 Å². The lowest BCUT2D eigenvalue weighted by Gasteiger charge is -2.29. The maximum atomic E-state index is 11.6. The summed E-state index contributed by atoms with van der Waals surface area (Å²) in [4.78, 5) is 15.6. The Morgan fingerprint density at radius 3 is 2.77 bits per heavy atom. The normalized spacial score (nSPS) is 28.4. The maximum Gasteiger partial charge on any atom is 0.347 e. The molecule has 0 aliphatic carbocycles. The van der Waals surface area contributed by atoms with Crippen LogP contribution in [0.3, 0.4) is 0 Å². The van der Waals surface area contributed by atoms with Crippen LogP contribution in [0.4, 0.5) is 0 Å². The average molecular weight is 184 g/mol. The van der Waals surface area contributed by atoms with Gasteiger partial charge in [-0.3, -0.25) is 0 Å². The first-order chi connectivity index (χ1) is 6.00. The lowest BCUT2D eigenvalue weighted by Crippen LogP contribution is -2.59. The molecule has 1 aliphatic rings. The molecule has 0 spiro atoms. The Labute approximate surface area is 76.8 Å². The van der Waals surface area contributed by atoms with Gasteiger partial charge in [0, 0.05) is 0 Å². The molecule has 1 rings (SSSR count). The summed E-state index contributed by atoms with van der Waals surface area (Å²) >= 11 is 0. The zero-order valence-corrected chi connectivity index (χ0v) is 7.82. The number of hydrogen-bond donors (Lipinski definition) is 2. The monoisotopic (exact) mass is 184 g/mol. The molecule has 5 nitrogen and oxygen atoms in total.